The van der Waals surface area contributed by atoms with Gasteiger partial charge in [0.25, 0.3) is 0 Å². The first-order valence-corrected chi connectivity index (χ1v) is 5.97. The molecule has 3 N–H and O–H groups in total. The van der Waals surface area contributed by atoms with E-state index in [1.54, 1.807) is 0 Å². The summed E-state index contributed by atoms with van der Waals surface area (Å²) in [5.74, 6) is -0.834. The minimum absolute atomic E-state index is 0.0370. The van der Waals surface area contributed by atoms with Gasteiger partial charge in [0.1, 0.15) is 10.5 Å². The summed E-state index contributed by atoms with van der Waals surface area (Å²) >= 11 is 11.6. The van der Waals surface area contributed by atoms with Gasteiger partial charge in [0.15, 0.2) is 5.75 Å². The van der Waals surface area contributed by atoms with Crippen molar-refractivity contribution in [2.45, 2.75) is 0 Å². The van der Waals surface area contributed by atoms with Gasteiger partial charge in [-0.3, -0.25) is 9.47 Å². The summed E-state index contributed by atoms with van der Waals surface area (Å²) in [6, 6.07) is 1.23. The van der Waals surface area contributed by atoms with Gasteiger partial charge < -0.3 is 20.4 Å². The number of aromatic nitrogens is 1. The molecule has 0 radical (unpaired) electrons. The number of nitrogens with one attached hydrogen (secondary N) is 1. The molecule has 1 aromatic heterocycles. The number of aromatic hydroxyl groups is 1. The van der Waals surface area contributed by atoms with Crippen molar-refractivity contribution >= 4 is 40.3 Å². The highest BCUT2D eigenvalue weighted by atomic mass is 35.5. The summed E-state index contributed by atoms with van der Waals surface area (Å²) in [5, 5.41) is 18.4. The first kappa shape index (κ1) is 14.3. The van der Waals surface area contributed by atoms with Gasteiger partial charge in [-0.05, 0) is 6.07 Å². The third-order valence-corrected chi connectivity index (χ3v) is 3.34. The van der Waals surface area contributed by atoms with Crippen molar-refractivity contribution in [2.24, 2.45) is 0 Å². The van der Waals surface area contributed by atoms with Gasteiger partial charge in [-0.25, -0.2) is 4.79 Å². The second kappa shape index (κ2) is 5.10. The maximum absolute atomic E-state index is 12.1. The Kier molecular flexibility index (Phi) is 3.65. The Bertz CT molecular complexity index is 772. The lowest BCUT2D eigenvalue weighted by molar-refractivity contribution is 0.144. The van der Waals surface area contributed by atoms with Crippen LogP contribution in [-0.2, 0) is 0 Å². The molecule has 0 atom stereocenters. The first-order chi connectivity index (χ1) is 9.36. The topological polar surface area (TPSA) is 101 Å². The number of benzene rings is 1. The molecule has 1 heterocycles. The molecular formula is C11H8Cl2N2O5. The van der Waals surface area contributed by atoms with Gasteiger partial charge in [-0.1, -0.05) is 23.2 Å². The number of ether oxygens (including phenoxy) is 1. The van der Waals surface area contributed by atoms with Gasteiger partial charge in [0.2, 0.25) is 11.2 Å². The minimum Gasteiger partial charge on any atom is -0.504 e. The number of hydrogen-bond acceptors (Lipinski definition) is 5. The minimum atomic E-state index is -1.63. The van der Waals surface area contributed by atoms with Crippen LogP contribution in [0.15, 0.2) is 17.1 Å². The van der Waals surface area contributed by atoms with E-state index in [1.807, 2.05) is 0 Å². The quantitative estimate of drug-likeness (QED) is 0.734. The summed E-state index contributed by atoms with van der Waals surface area (Å²) in [5.41, 5.74) is 1.97. The molecule has 0 amide bonds. The predicted molar refractivity (Wildman–Crippen MR) is 73.8 cm³/mol. The van der Waals surface area contributed by atoms with Crippen molar-refractivity contribution in [1.82, 2.24) is 4.68 Å². The lowest BCUT2D eigenvalue weighted by Gasteiger charge is -2.14. The zero-order chi connectivity index (χ0) is 15.0. The van der Waals surface area contributed by atoms with Crippen LogP contribution >= 0.6 is 23.2 Å². The van der Waals surface area contributed by atoms with Crippen molar-refractivity contribution < 1.29 is 19.7 Å². The molecule has 0 saturated carbocycles. The van der Waals surface area contributed by atoms with Gasteiger partial charge in [-0.2, -0.15) is 0 Å². The molecule has 0 fully saturated rings. The van der Waals surface area contributed by atoms with Gasteiger partial charge in [0.05, 0.1) is 16.6 Å². The van der Waals surface area contributed by atoms with Crippen LogP contribution in [0.4, 0.5) is 4.79 Å². The van der Waals surface area contributed by atoms with E-state index in [4.69, 9.17) is 28.3 Å². The van der Waals surface area contributed by atoms with Crippen molar-refractivity contribution in [1.29, 1.82) is 0 Å². The fourth-order valence-electron chi connectivity index (χ4n) is 1.74. The van der Waals surface area contributed by atoms with Crippen LogP contribution in [-0.4, -0.2) is 28.1 Å². The van der Waals surface area contributed by atoms with E-state index in [2.05, 4.69) is 10.2 Å². The third-order valence-electron chi connectivity index (χ3n) is 2.56. The highest BCUT2D eigenvalue weighted by molar-refractivity contribution is 6.44. The molecular weight excluding hydrogens is 311 g/mol. The molecule has 1 aromatic carbocycles. The Morgan fingerprint density at radius 3 is 2.65 bits per heavy atom. The van der Waals surface area contributed by atoms with E-state index in [-0.39, 0.29) is 20.9 Å². The van der Waals surface area contributed by atoms with E-state index in [0.717, 1.165) is 6.20 Å². The molecule has 0 aliphatic carbocycles. The van der Waals surface area contributed by atoms with Crippen LogP contribution in [0, 0.1) is 0 Å². The fourth-order valence-corrected chi connectivity index (χ4v) is 2.08. The molecule has 0 saturated heterocycles. The summed E-state index contributed by atoms with van der Waals surface area (Å²) in [7, 11) is 1.50. The Morgan fingerprint density at radius 2 is 2.10 bits per heavy atom. The predicted octanol–water partition coefficient (Wildman–Crippen LogP) is 2.24. The number of rotatable bonds is 2. The standard InChI is InChI=1S/C11H8Cl2N2O5/c1-14-15-3-6(20-11(18)19)9(16)4-2-5(12)7(13)10(17)8(4)15/h2-3,14,17H,1H3,(H,18,19). The van der Waals surface area contributed by atoms with Crippen molar-refractivity contribution in [3.05, 3.63) is 32.5 Å². The molecule has 2 aromatic rings. The van der Waals surface area contributed by atoms with Crippen molar-refractivity contribution in [3.8, 4) is 11.5 Å². The second-order valence-electron chi connectivity index (χ2n) is 3.70. The average Bonchev–Trinajstić information content (AvgIpc) is 2.39. The normalized spacial score (nSPS) is 10.6. The summed E-state index contributed by atoms with van der Waals surface area (Å²) in [6.07, 6.45) is -0.545. The Morgan fingerprint density at radius 1 is 1.45 bits per heavy atom. The lowest BCUT2D eigenvalue weighted by atomic mass is 10.2. The van der Waals surface area contributed by atoms with Crippen LogP contribution < -0.4 is 15.6 Å². The molecule has 0 unspecified atom stereocenters. The largest absolute Gasteiger partial charge is 0.511 e. The van der Waals surface area contributed by atoms with Crippen LogP contribution in [0.5, 0.6) is 11.5 Å². The summed E-state index contributed by atoms with van der Waals surface area (Å²) < 4.78 is 5.59. The SMILES string of the molecule is CNn1cc(OC(=O)O)c(=O)c2cc(Cl)c(Cl)c(O)c21. The van der Waals surface area contributed by atoms with Gasteiger partial charge in [0, 0.05) is 7.05 Å². The highest BCUT2D eigenvalue weighted by Gasteiger charge is 2.19. The first-order valence-electron chi connectivity index (χ1n) is 5.21. The van der Waals surface area contributed by atoms with Gasteiger partial charge >= 0.3 is 6.16 Å². The second-order valence-corrected chi connectivity index (χ2v) is 4.49. The van der Waals surface area contributed by atoms with E-state index in [0.29, 0.717) is 0 Å². The Labute approximate surface area is 121 Å². The number of phenols is 1. The van der Waals surface area contributed by atoms with Crippen LogP contribution in [0.25, 0.3) is 10.9 Å². The van der Waals surface area contributed by atoms with Gasteiger partial charge in [-0.15, -0.1) is 0 Å². The highest BCUT2D eigenvalue weighted by Crippen LogP contribution is 2.37. The molecule has 9 heteroatoms. The maximum Gasteiger partial charge on any atom is 0.511 e. The number of carbonyl (C=O) groups is 1. The third kappa shape index (κ3) is 2.21. The molecule has 0 bridgehead atoms. The van der Waals surface area contributed by atoms with Crippen LogP contribution in [0.2, 0.25) is 10.0 Å². The molecule has 0 aliphatic heterocycles. The average molecular weight is 319 g/mol. The van der Waals surface area contributed by atoms with Crippen LogP contribution in [0.1, 0.15) is 0 Å². The number of pyridine rings is 1. The van der Waals surface area contributed by atoms with E-state index >= 15 is 0 Å². The monoisotopic (exact) mass is 318 g/mol. The summed E-state index contributed by atoms with van der Waals surface area (Å²) in [4.78, 5) is 22.7. The molecule has 2 rings (SSSR count). The Balaban J connectivity index is 2.93. The smallest absolute Gasteiger partial charge is 0.504 e. The van der Waals surface area contributed by atoms with E-state index < -0.39 is 23.1 Å². The van der Waals surface area contributed by atoms with Crippen LogP contribution in [0.3, 0.4) is 0 Å². The zero-order valence-electron chi connectivity index (χ0n) is 9.98. The molecule has 0 aliphatic rings. The lowest BCUT2D eigenvalue weighted by Crippen LogP contribution is -2.19. The molecule has 106 valence electrons. The van der Waals surface area contributed by atoms with E-state index in [9.17, 15) is 14.7 Å². The number of carboxylic acid groups (broad SMARTS) is 1. The fraction of sp³-hybridized carbons (Fsp3) is 0.0909. The van der Waals surface area contributed by atoms with Crippen molar-refractivity contribution in [3.63, 3.8) is 0 Å². The van der Waals surface area contributed by atoms with Crippen molar-refractivity contribution in [2.75, 3.05) is 12.5 Å². The van der Waals surface area contributed by atoms with E-state index in [1.165, 1.54) is 17.8 Å². The number of fused-ring (bicyclic) bond motifs is 1. The molecule has 7 nitrogen and oxygen atoms in total. The number of nitrogens with zero attached hydrogens (tertiary/aromatic N) is 1. The Hall–Kier alpha value is -2.12. The summed E-state index contributed by atoms with van der Waals surface area (Å²) in [6.45, 7) is 0. The number of hydrogen-bond donors (Lipinski definition) is 3. The molecule has 0 spiro atoms. The molecule has 20 heavy (non-hydrogen) atoms. The maximum atomic E-state index is 12.1. The zero-order valence-corrected chi connectivity index (χ0v) is 11.5. The number of phenolic OH excluding ortho intramolecular Hbond substituents is 1. The number of halogens is 2.